The number of rotatable bonds is 10. The lowest BCUT2D eigenvalue weighted by Crippen LogP contribution is -2.64. The largest absolute Gasteiger partial charge is 0.394 e. The van der Waals surface area contributed by atoms with Gasteiger partial charge in [0, 0.05) is 24.4 Å². The second-order valence-electron chi connectivity index (χ2n) is 15.4. The number of ether oxygens (including phenoxy) is 3. The summed E-state index contributed by atoms with van der Waals surface area (Å²) in [5.41, 5.74) is 6.07. The lowest BCUT2D eigenvalue weighted by Gasteiger charge is -2.52. The summed E-state index contributed by atoms with van der Waals surface area (Å²) in [5.74, 6) is -0.867. The Morgan fingerprint density at radius 1 is 0.783 bits per heavy atom. The van der Waals surface area contributed by atoms with E-state index >= 15 is 0 Å². The molecule has 0 aromatic heterocycles. The van der Waals surface area contributed by atoms with E-state index in [0.29, 0.717) is 31.1 Å². The highest BCUT2D eigenvalue weighted by Gasteiger charge is 2.59. The summed E-state index contributed by atoms with van der Waals surface area (Å²) < 4.78 is 18.6. The van der Waals surface area contributed by atoms with Crippen LogP contribution in [-0.4, -0.2) is 101 Å². The molecule has 0 amide bonds. The molecule has 2 aliphatic heterocycles. The van der Waals surface area contributed by atoms with Gasteiger partial charge in [0.15, 0.2) is 6.29 Å². The third-order valence-corrected chi connectivity index (χ3v) is 12.5. The molecule has 0 spiro atoms. The SMILES string of the molecule is NC1CC(CCOC2C(OC3CC(CCC4CCCCC4)C4C(=O)C5CCCCC5C(=O)C4C3O)OC(CO)C(O)C2O)CCN1. The molecule has 2 saturated heterocycles. The van der Waals surface area contributed by atoms with Gasteiger partial charge in [0.1, 0.15) is 36.0 Å². The Hall–Kier alpha value is -1.02. The molecule has 0 aromatic rings. The van der Waals surface area contributed by atoms with Crippen molar-refractivity contribution in [3.63, 3.8) is 0 Å². The highest BCUT2D eigenvalue weighted by atomic mass is 16.7. The minimum Gasteiger partial charge on any atom is -0.394 e. The van der Waals surface area contributed by atoms with Crippen LogP contribution in [0.3, 0.4) is 0 Å². The van der Waals surface area contributed by atoms with Crippen LogP contribution in [0.25, 0.3) is 0 Å². The van der Waals surface area contributed by atoms with E-state index in [0.717, 1.165) is 51.5 Å². The van der Waals surface area contributed by atoms with E-state index in [-0.39, 0.29) is 42.1 Å². The molecule has 6 fully saturated rings. The average molecular weight is 651 g/mol. The molecular weight excluding hydrogens is 592 g/mol. The van der Waals surface area contributed by atoms with Crippen molar-refractivity contribution in [2.24, 2.45) is 47.2 Å². The second kappa shape index (κ2) is 15.7. The average Bonchev–Trinajstić information content (AvgIpc) is 3.07. The van der Waals surface area contributed by atoms with Gasteiger partial charge < -0.3 is 45.7 Å². The van der Waals surface area contributed by atoms with Crippen molar-refractivity contribution < 1.29 is 44.2 Å². The summed E-state index contributed by atoms with van der Waals surface area (Å²) in [6.45, 7) is 0.586. The Morgan fingerprint density at radius 3 is 2.17 bits per heavy atom. The van der Waals surface area contributed by atoms with Crippen LogP contribution in [-0.2, 0) is 23.8 Å². The van der Waals surface area contributed by atoms with Crippen molar-refractivity contribution in [1.82, 2.24) is 5.32 Å². The predicted octanol–water partition coefficient (Wildman–Crippen LogP) is 1.80. The number of fused-ring (bicyclic) bond motifs is 2. The maximum atomic E-state index is 14.1. The molecule has 46 heavy (non-hydrogen) atoms. The molecule has 14 atom stereocenters. The summed E-state index contributed by atoms with van der Waals surface area (Å²) in [5, 5.41) is 46.8. The molecular formula is C35H58N2O9. The molecule has 4 aliphatic carbocycles. The van der Waals surface area contributed by atoms with E-state index < -0.39 is 61.4 Å². The molecule has 14 unspecified atom stereocenters. The van der Waals surface area contributed by atoms with Crippen LogP contribution in [0, 0.1) is 41.4 Å². The lowest BCUT2D eigenvalue weighted by molar-refractivity contribution is -0.330. The highest BCUT2D eigenvalue weighted by Crippen LogP contribution is 2.51. The van der Waals surface area contributed by atoms with E-state index in [1.807, 2.05) is 0 Å². The minimum atomic E-state index is -1.39. The molecule has 0 bridgehead atoms. The van der Waals surface area contributed by atoms with Gasteiger partial charge in [-0.2, -0.15) is 0 Å². The van der Waals surface area contributed by atoms with Gasteiger partial charge in [0.05, 0.1) is 30.9 Å². The van der Waals surface area contributed by atoms with Gasteiger partial charge in [-0.3, -0.25) is 9.59 Å². The number of hydrogen-bond donors (Lipinski definition) is 6. The summed E-state index contributed by atoms with van der Waals surface area (Å²) >= 11 is 0. The van der Waals surface area contributed by atoms with Crippen LogP contribution in [0.15, 0.2) is 0 Å². The Balaban J connectivity index is 1.20. The Morgan fingerprint density at radius 2 is 1.48 bits per heavy atom. The number of nitrogens with two attached hydrogens (primary N) is 1. The highest BCUT2D eigenvalue weighted by molar-refractivity contribution is 6.00. The monoisotopic (exact) mass is 650 g/mol. The number of piperidine rings is 1. The molecule has 7 N–H and O–H groups in total. The Bertz CT molecular complexity index is 1030. The Kier molecular flexibility index (Phi) is 11.9. The molecule has 11 nitrogen and oxygen atoms in total. The first kappa shape index (κ1) is 34.8. The van der Waals surface area contributed by atoms with Crippen molar-refractivity contribution in [3.05, 3.63) is 0 Å². The maximum absolute atomic E-state index is 14.1. The minimum absolute atomic E-state index is 0.000926. The number of aliphatic hydroxyl groups excluding tert-OH is 4. The molecule has 6 aliphatic rings. The van der Waals surface area contributed by atoms with Gasteiger partial charge in [0.2, 0.25) is 0 Å². The van der Waals surface area contributed by atoms with Gasteiger partial charge in [-0.05, 0) is 69.2 Å². The quantitative estimate of drug-likeness (QED) is 0.190. The topological polar surface area (TPSA) is 181 Å². The van der Waals surface area contributed by atoms with Crippen molar-refractivity contribution in [2.45, 2.75) is 145 Å². The van der Waals surface area contributed by atoms with Crippen molar-refractivity contribution >= 4 is 11.6 Å². The van der Waals surface area contributed by atoms with Gasteiger partial charge in [-0.1, -0.05) is 51.4 Å². The number of nitrogens with one attached hydrogen (secondary N) is 1. The first-order chi connectivity index (χ1) is 22.3. The van der Waals surface area contributed by atoms with Gasteiger partial charge in [0.25, 0.3) is 0 Å². The van der Waals surface area contributed by atoms with Crippen LogP contribution < -0.4 is 11.1 Å². The van der Waals surface area contributed by atoms with Crippen LogP contribution in [0.4, 0.5) is 0 Å². The fourth-order valence-corrected chi connectivity index (χ4v) is 9.92. The number of Topliss-reactive ketones (excluding diaryl/α,β-unsaturated/α-hetero) is 2. The van der Waals surface area contributed by atoms with Crippen LogP contribution in [0.1, 0.15) is 96.3 Å². The number of carbonyl (C=O) groups is 2. The van der Waals surface area contributed by atoms with Crippen molar-refractivity contribution in [1.29, 1.82) is 0 Å². The van der Waals surface area contributed by atoms with Crippen molar-refractivity contribution in [3.8, 4) is 0 Å². The van der Waals surface area contributed by atoms with Crippen LogP contribution in [0.2, 0.25) is 0 Å². The third-order valence-electron chi connectivity index (χ3n) is 12.5. The van der Waals surface area contributed by atoms with Crippen molar-refractivity contribution in [2.75, 3.05) is 19.8 Å². The van der Waals surface area contributed by atoms with E-state index in [1.165, 1.54) is 32.1 Å². The van der Waals surface area contributed by atoms with E-state index in [2.05, 4.69) is 5.32 Å². The number of aliphatic hydroxyl groups is 4. The maximum Gasteiger partial charge on any atom is 0.187 e. The predicted molar refractivity (Wildman–Crippen MR) is 168 cm³/mol. The van der Waals surface area contributed by atoms with Gasteiger partial charge in [-0.25, -0.2) is 0 Å². The van der Waals surface area contributed by atoms with Gasteiger partial charge >= 0.3 is 0 Å². The fraction of sp³-hybridized carbons (Fsp3) is 0.943. The number of ketones is 2. The standard InChI is InChI=1S/C35H58N2O9/c36-26-16-20(12-14-37-26)13-15-44-34-33(43)32(42)25(18-38)46-35(34)45-24-17-21(11-10-19-6-2-1-3-7-19)27-28(31(24)41)30(40)23-9-5-4-8-22(23)29(27)39/h19-28,31-35,37-38,41-43H,1-18,36H2. The fourth-order valence-electron chi connectivity index (χ4n) is 9.92. The summed E-state index contributed by atoms with van der Waals surface area (Å²) in [6.07, 6.45) is 5.94. The molecule has 0 radical (unpaired) electrons. The third kappa shape index (κ3) is 7.43. The zero-order valence-electron chi connectivity index (χ0n) is 27.3. The normalized spacial score (nSPS) is 45.7. The molecule has 262 valence electrons. The molecule has 4 saturated carbocycles. The number of hydrogen-bond acceptors (Lipinski definition) is 11. The zero-order valence-corrected chi connectivity index (χ0v) is 27.3. The van der Waals surface area contributed by atoms with Crippen LogP contribution in [0.5, 0.6) is 0 Å². The first-order valence-electron chi connectivity index (χ1n) is 18.4. The molecule has 6 rings (SSSR count). The van der Waals surface area contributed by atoms with E-state index in [9.17, 15) is 30.0 Å². The molecule has 2 heterocycles. The second-order valence-corrected chi connectivity index (χ2v) is 15.4. The summed E-state index contributed by atoms with van der Waals surface area (Å²) in [4.78, 5) is 28.1. The zero-order chi connectivity index (χ0) is 32.4. The van der Waals surface area contributed by atoms with E-state index in [4.69, 9.17) is 19.9 Å². The van der Waals surface area contributed by atoms with Gasteiger partial charge in [-0.15, -0.1) is 0 Å². The molecule has 11 heteroatoms. The Labute approximate surface area is 273 Å². The summed E-state index contributed by atoms with van der Waals surface area (Å²) in [7, 11) is 0. The molecule has 0 aromatic carbocycles. The van der Waals surface area contributed by atoms with Crippen LogP contribution >= 0.6 is 0 Å². The first-order valence-corrected chi connectivity index (χ1v) is 18.4. The van der Waals surface area contributed by atoms with E-state index in [1.54, 1.807) is 0 Å². The lowest BCUT2D eigenvalue weighted by atomic mass is 9.54. The number of carbonyl (C=O) groups excluding carboxylic acids is 2. The smallest absolute Gasteiger partial charge is 0.187 e. The summed E-state index contributed by atoms with van der Waals surface area (Å²) in [6, 6.07) is 0.